The van der Waals surface area contributed by atoms with Crippen LogP contribution in [0.3, 0.4) is 0 Å². The number of amides is 2. The second kappa shape index (κ2) is 5.81. The highest BCUT2D eigenvalue weighted by atomic mass is 16.5. The Morgan fingerprint density at radius 3 is 2.21 bits per heavy atom. The summed E-state index contributed by atoms with van der Waals surface area (Å²) in [6, 6.07) is 16.6. The maximum Gasteiger partial charge on any atom is 0.264 e. The van der Waals surface area contributed by atoms with Gasteiger partial charge in [-0.3, -0.25) is 14.6 Å². The molecule has 0 aromatic heterocycles. The smallest absolute Gasteiger partial charge is 0.264 e. The van der Waals surface area contributed by atoms with Crippen molar-refractivity contribution in [2.45, 2.75) is 6.42 Å². The number of carbonyl (C=O) groups is 2. The van der Waals surface area contributed by atoms with Crippen LogP contribution in [0.1, 0.15) is 27.1 Å². The van der Waals surface area contributed by atoms with Crippen LogP contribution in [-0.2, 0) is 4.74 Å². The van der Waals surface area contributed by atoms with Gasteiger partial charge in [-0.1, -0.05) is 30.3 Å². The summed E-state index contributed by atoms with van der Waals surface area (Å²) in [5.41, 5.74) is 1.83. The summed E-state index contributed by atoms with van der Waals surface area (Å²) in [4.78, 5) is 25.7. The number of anilines is 1. The molecule has 120 valence electrons. The minimum absolute atomic E-state index is 0.117. The summed E-state index contributed by atoms with van der Waals surface area (Å²) >= 11 is 0. The molecule has 6 nitrogen and oxygen atoms in total. The largest absolute Gasteiger partial charge is 0.458 e. The van der Waals surface area contributed by atoms with E-state index in [0.717, 1.165) is 10.6 Å². The lowest BCUT2D eigenvalue weighted by Gasteiger charge is -2.14. The Morgan fingerprint density at radius 2 is 1.54 bits per heavy atom. The van der Waals surface area contributed by atoms with Crippen LogP contribution in [0, 0.1) is 0 Å². The minimum Gasteiger partial charge on any atom is -0.458 e. The minimum atomic E-state index is -0.325. The molecule has 4 rings (SSSR count). The molecule has 0 radical (unpaired) electrons. The van der Waals surface area contributed by atoms with Gasteiger partial charge in [0.1, 0.15) is 0 Å². The Bertz CT molecular complexity index is 797. The Hall–Kier alpha value is -3.15. The third-order valence-electron chi connectivity index (χ3n) is 4.06. The van der Waals surface area contributed by atoms with E-state index in [0.29, 0.717) is 30.0 Å². The normalized spacial score (nSPS) is 16.4. The van der Waals surface area contributed by atoms with E-state index in [1.54, 1.807) is 24.3 Å². The van der Waals surface area contributed by atoms with Gasteiger partial charge >= 0.3 is 0 Å². The fraction of sp³-hybridized carbons (Fsp3) is 0.167. The van der Waals surface area contributed by atoms with Crippen molar-refractivity contribution in [1.82, 2.24) is 4.90 Å². The van der Waals surface area contributed by atoms with Gasteiger partial charge in [0.05, 0.1) is 23.4 Å². The lowest BCUT2D eigenvalue weighted by atomic mass is 10.1. The van der Waals surface area contributed by atoms with Gasteiger partial charge in [0, 0.05) is 6.42 Å². The van der Waals surface area contributed by atoms with Crippen molar-refractivity contribution in [2.75, 3.05) is 18.3 Å². The van der Waals surface area contributed by atoms with Gasteiger partial charge in [0.25, 0.3) is 11.8 Å². The van der Waals surface area contributed by atoms with Crippen molar-refractivity contribution in [1.29, 1.82) is 0 Å². The summed E-state index contributed by atoms with van der Waals surface area (Å²) in [5, 5.41) is 6.24. The maximum absolute atomic E-state index is 12.3. The van der Waals surface area contributed by atoms with Gasteiger partial charge in [-0.2, -0.15) is 0 Å². The van der Waals surface area contributed by atoms with Gasteiger partial charge in [-0.15, -0.1) is 5.10 Å². The van der Waals surface area contributed by atoms with Crippen molar-refractivity contribution in [3.05, 3.63) is 65.7 Å². The first kappa shape index (κ1) is 14.4. The first-order chi connectivity index (χ1) is 11.7. The number of hydrazone groups is 1. The van der Waals surface area contributed by atoms with Crippen LogP contribution in [0.5, 0.6) is 0 Å². The quantitative estimate of drug-likeness (QED) is 0.815. The number of hydrogen-bond donors (Lipinski definition) is 0. The lowest BCUT2D eigenvalue weighted by molar-refractivity contribution is 0.0505. The van der Waals surface area contributed by atoms with E-state index in [9.17, 15) is 9.59 Å². The van der Waals surface area contributed by atoms with Crippen LogP contribution >= 0.6 is 0 Å². The molecule has 2 aromatic carbocycles. The predicted octanol–water partition coefficient (Wildman–Crippen LogP) is 2.48. The highest BCUT2D eigenvalue weighted by Gasteiger charge is 2.35. The Labute approximate surface area is 138 Å². The van der Waals surface area contributed by atoms with Crippen LogP contribution in [0.4, 0.5) is 5.69 Å². The summed E-state index contributed by atoms with van der Waals surface area (Å²) in [6.07, 6.45) is 0.637. The summed E-state index contributed by atoms with van der Waals surface area (Å²) in [6.45, 7) is 0.593. The maximum atomic E-state index is 12.3. The fourth-order valence-corrected chi connectivity index (χ4v) is 2.82. The van der Waals surface area contributed by atoms with Crippen LogP contribution in [0.15, 0.2) is 59.7 Å². The lowest BCUT2D eigenvalue weighted by Crippen LogP contribution is -2.33. The van der Waals surface area contributed by atoms with Crippen LogP contribution in [-0.4, -0.2) is 35.9 Å². The number of fused-ring (bicyclic) bond motifs is 1. The highest BCUT2D eigenvalue weighted by molar-refractivity contribution is 6.21. The highest BCUT2D eigenvalue weighted by Crippen LogP contribution is 2.23. The van der Waals surface area contributed by atoms with Gasteiger partial charge in [0.2, 0.25) is 5.90 Å². The van der Waals surface area contributed by atoms with Gasteiger partial charge in [-0.25, -0.2) is 4.90 Å². The molecule has 6 heteroatoms. The molecule has 0 saturated carbocycles. The average Bonchev–Trinajstić information content (AvgIpc) is 3.19. The van der Waals surface area contributed by atoms with Crippen molar-refractivity contribution >= 4 is 23.4 Å². The second-order valence-electron chi connectivity index (χ2n) is 5.56. The number of imide groups is 1. The summed E-state index contributed by atoms with van der Waals surface area (Å²) in [5.74, 6) is -0.126. The van der Waals surface area contributed by atoms with Gasteiger partial charge in [0.15, 0.2) is 6.73 Å². The number of hydrogen-bond acceptors (Lipinski definition) is 5. The molecule has 0 atom stereocenters. The molecule has 2 heterocycles. The van der Waals surface area contributed by atoms with E-state index in [1.807, 2.05) is 35.3 Å². The van der Waals surface area contributed by atoms with Crippen LogP contribution in [0.2, 0.25) is 0 Å². The molecule has 2 amide bonds. The molecule has 2 aromatic rings. The average molecular weight is 321 g/mol. The molecule has 0 aliphatic carbocycles. The van der Waals surface area contributed by atoms with E-state index in [1.165, 1.54) is 0 Å². The fourth-order valence-electron chi connectivity index (χ4n) is 2.82. The summed E-state index contributed by atoms with van der Waals surface area (Å²) < 4.78 is 5.60. The van der Waals surface area contributed by atoms with E-state index in [2.05, 4.69) is 5.10 Å². The molecule has 2 aliphatic heterocycles. The summed E-state index contributed by atoms with van der Waals surface area (Å²) in [7, 11) is 0. The number of ether oxygens (including phenoxy) is 1. The molecule has 0 N–H and O–H groups in total. The molecule has 2 aliphatic rings. The topological polar surface area (TPSA) is 62.2 Å². The van der Waals surface area contributed by atoms with E-state index in [4.69, 9.17) is 4.74 Å². The van der Waals surface area contributed by atoms with Crippen LogP contribution in [0.25, 0.3) is 0 Å². The third kappa shape index (κ3) is 2.42. The van der Waals surface area contributed by atoms with E-state index >= 15 is 0 Å². The zero-order valence-corrected chi connectivity index (χ0v) is 12.9. The standard InChI is InChI=1S/C18H15N3O3/c22-17-14-8-4-5-9-15(14)18(23)20(17)12-24-16-10-11-21(19-16)13-6-2-1-3-7-13/h1-9H,10-12H2. The van der Waals surface area contributed by atoms with Crippen LogP contribution < -0.4 is 5.01 Å². The van der Waals surface area contributed by atoms with Gasteiger partial charge in [-0.05, 0) is 24.3 Å². The Kier molecular flexibility index (Phi) is 3.49. The Morgan fingerprint density at radius 1 is 0.917 bits per heavy atom. The molecule has 0 saturated heterocycles. The monoisotopic (exact) mass is 321 g/mol. The number of para-hydroxylation sites is 1. The number of rotatable bonds is 3. The zero-order chi connectivity index (χ0) is 16.5. The third-order valence-corrected chi connectivity index (χ3v) is 4.06. The van der Waals surface area contributed by atoms with Gasteiger partial charge < -0.3 is 4.74 Å². The SMILES string of the molecule is O=C1c2ccccc2C(=O)N1COC1=NN(c2ccccc2)CC1. The van der Waals surface area contributed by atoms with Crippen molar-refractivity contribution in [3.8, 4) is 0 Å². The second-order valence-corrected chi connectivity index (χ2v) is 5.56. The van der Waals surface area contributed by atoms with Crippen molar-refractivity contribution in [3.63, 3.8) is 0 Å². The Balaban J connectivity index is 1.43. The van der Waals surface area contributed by atoms with Crippen molar-refractivity contribution in [2.24, 2.45) is 5.10 Å². The number of benzene rings is 2. The molecule has 0 unspecified atom stereocenters. The van der Waals surface area contributed by atoms with E-state index in [-0.39, 0.29) is 18.5 Å². The predicted molar refractivity (Wildman–Crippen MR) is 88.7 cm³/mol. The number of nitrogens with zero attached hydrogens (tertiary/aromatic N) is 3. The first-order valence-corrected chi connectivity index (χ1v) is 7.72. The molecule has 0 fully saturated rings. The molecule has 0 bridgehead atoms. The molecular formula is C18H15N3O3. The molecular weight excluding hydrogens is 306 g/mol. The first-order valence-electron chi connectivity index (χ1n) is 7.72. The number of carbonyl (C=O) groups excluding carboxylic acids is 2. The van der Waals surface area contributed by atoms with E-state index < -0.39 is 0 Å². The van der Waals surface area contributed by atoms with Crippen molar-refractivity contribution < 1.29 is 14.3 Å². The molecule has 24 heavy (non-hydrogen) atoms. The zero-order valence-electron chi connectivity index (χ0n) is 12.9. The molecule has 0 spiro atoms.